The van der Waals surface area contributed by atoms with Crippen molar-refractivity contribution in [1.82, 2.24) is 0 Å². The molecule has 1 rings (SSSR count). The zero-order chi connectivity index (χ0) is 14.8. The number of ketones is 1. The fraction of sp³-hybridized carbons (Fsp3) is 0.588. The highest BCUT2D eigenvalue weighted by Crippen LogP contribution is 2.28. The van der Waals surface area contributed by atoms with E-state index in [1.54, 1.807) is 24.3 Å². The highest BCUT2D eigenvalue weighted by Gasteiger charge is 2.27. The smallest absolute Gasteiger partial charge is 0.248 e. The number of alkyl halides is 2. The number of benzene rings is 1. The maximum atomic E-state index is 13.6. The predicted octanol–water partition coefficient (Wildman–Crippen LogP) is 5.65. The van der Waals surface area contributed by atoms with Gasteiger partial charge in [-0.3, -0.25) is 4.79 Å². The normalized spacial score (nSPS) is 11.6. The number of carbonyl (C=O) groups is 1. The molecule has 0 heterocycles. The van der Waals surface area contributed by atoms with Crippen LogP contribution in [0.1, 0.15) is 68.6 Å². The van der Waals surface area contributed by atoms with Crippen LogP contribution in [0, 0.1) is 0 Å². The summed E-state index contributed by atoms with van der Waals surface area (Å²) in [6.07, 6.45) is 3.75. The molecule has 0 radical (unpaired) electrons. The van der Waals surface area contributed by atoms with Crippen LogP contribution in [0.3, 0.4) is 0 Å². The van der Waals surface area contributed by atoms with Gasteiger partial charge in [-0.2, -0.15) is 0 Å². The van der Waals surface area contributed by atoms with Gasteiger partial charge in [-0.25, -0.2) is 8.78 Å². The van der Waals surface area contributed by atoms with Crippen molar-refractivity contribution in [3.8, 4) is 0 Å². The summed E-state index contributed by atoms with van der Waals surface area (Å²) in [4.78, 5) is 11.8. The summed E-state index contributed by atoms with van der Waals surface area (Å²) >= 11 is 0. The van der Waals surface area contributed by atoms with E-state index in [1.807, 2.05) is 6.07 Å². The summed E-state index contributed by atoms with van der Waals surface area (Å²) in [6.45, 7) is 2.06. The molecule has 3 heteroatoms. The first-order chi connectivity index (χ1) is 9.55. The van der Waals surface area contributed by atoms with Crippen molar-refractivity contribution in [2.24, 2.45) is 0 Å². The lowest BCUT2D eigenvalue weighted by molar-refractivity contribution is -0.0200. The molecule has 0 bridgehead atoms. The van der Waals surface area contributed by atoms with Crippen molar-refractivity contribution in [3.63, 3.8) is 0 Å². The highest BCUT2D eigenvalue weighted by molar-refractivity contribution is 5.95. The van der Waals surface area contributed by atoms with Crippen LogP contribution in [-0.2, 0) is 0 Å². The molecule has 0 N–H and O–H groups in total. The zero-order valence-electron chi connectivity index (χ0n) is 12.2. The minimum atomic E-state index is -2.62. The van der Waals surface area contributed by atoms with E-state index in [2.05, 4.69) is 6.92 Å². The van der Waals surface area contributed by atoms with Crippen LogP contribution >= 0.6 is 0 Å². The SMILES string of the molecule is CCCCCCC(F)(F)CCCC(=O)c1ccccc1. The lowest BCUT2D eigenvalue weighted by Gasteiger charge is -2.15. The number of halogens is 2. The fourth-order valence-electron chi connectivity index (χ4n) is 2.21. The Hall–Kier alpha value is -1.25. The Bertz CT molecular complexity index is 387. The van der Waals surface area contributed by atoms with Crippen molar-refractivity contribution >= 4 is 5.78 Å². The lowest BCUT2D eigenvalue weighted by Crippen LogP contribution is -2.16. The number of rotatable bonds is 10. The van der Waals surface area contributed by atoms with Crippen LogP contribution in [0.25, 0.3) is 0 Å². The molecule has 20 heavy (non-hydrogen) atoms. The third-order valence-corrected chi connectivity index (χ3v) is 3.44. The Balaban J connectivity index is 2.23. The predicted molar refractivity (Wildman–Crippen MR) is 78.3 cm³/mol. The van der Waals surface area contributed by atoms with Gasteiger partial charge in [0.1, 0.15) is 0 Å². The molecular formula is C17H24F2O. The maximum Gasteiger partial charge on any atom is 0.248 e. The molecule has 0 aliphatic carbocycles. The molecule has 0 fully saturated rings. The first-order valence-electron chi connectivity index (χ1n) is 7.51. The molecule has 112 valence electrons. The quantitative estimate of drug-likeness (QED) is 0.400. The van der Waals surface area contributed by atoms with Gasteiger partial charge in [0.25, 0.3) is 0 Å². The van der Waals surface area contributed by atoms with E-state index in [0.29, 0.717) is 12.0 Å². The van der Waals surface area contributed by atoms with Crippen molar-refractivity contribution in [3.05, 3.63) is 35.9 Å². The van der Waals surface area contributed by atoms with E-state index >= 15 is 0 Å². The van der Waals surface area contributed by atoms with Gasteiger partial charge in [0.15, 0.2) is 5.78 Å². The lowest BCUT2D eigenvalue weighted by atomic mass is 10.0. The van der Waals surface area contributed by atoms with Crippen LogP contribution < -0.4 is 0 Å². The fourth-order valence-corrected chi connectivity index (χ4v) is 2.21. The molecule has 0 aromatic heterocycles. The highest BCUT2D eigenvalue weighted by atomic mass is 19.3. The largest absolute Gasteiger partial charge is 0.294 e. The summed E-state index contributed by atoms with van der Waals surface area (Å²) < 4.78 is 27.2. The Morgan fingerprint density at radius 3 is 2.30 bits per heavy atom. The van der Waals surface area contributed by atoms with Crippen LogP contribution in [-0.4, -0.2) is 11.7 Å². The molecule has 1 aromatic rings. The second-order valence-corrected chi connectivity index (χ2v) is 5.31. The first-order valence-corrected chi connectivity index (χ1v) is 7.51. The van der Waals surface area contributed by atoms with Gasteiger partial charge in [-0.15, -0.1) is 0 Å². The van der Waals surface area contributed by atoms with E-state index in [4.69, 9.17) is 0 Å². The number of Topliss-reactive ketones (excluding diaryl/α,β-unsaturated/α-hetero) is 1. The number of carbonyl (C=O) groups excluding carboxylic acids is 1. The zero-order valence-corrected chi connectivity index (χ0v) is 12.2. The standard InChI is InChI=1S/C17H24F2O/c1-2-3-4-8-13-17(18,19)14-9-12-16(20)15-10-6-5-7-11-15/h5-7,10-11H,2-4,8-9,12-14H2,1H3. The minimum Gasteiger partial charge on any atom is -0.294 e. The van der Waals surface area contributed by atoms with Crippen molar-refractivity contribution in [1.29, 1.82) is 0 Å². The van der Waals surface area contributed by atoms with E-state index in [-0.39, 0.29) is 31.5 Å². The summed E-state index contributed by atoms with van der Waals surface area (Å²) in [5.74, 6) is -2.67. The molecule has 0 saturated heterocycles. The summed E-state index contributed by atoms with van der Waals surface area (Å²) in [5.41, 5.74) is 0.610. The van der Waals surface area contributed by atoms with Crippen LogP contribution in [0.15, 0.2) is 30.3 Å². The number of unbranched alkanes of at least 4 members (excludes halogenated alkanes) is 3. The molecule has 1 nitrogen and oxygen atoms in total. The Kier molecular flexibility index (Phi) is 7.42. The molecule has 0 saturated carbocycles. The van der Waals surface area contributed by atoms with Gasteiger partial charge in [0.2, 0.25) is 5.92 Å². The van der Waals surface area contributed by atoms with E-state index < -0.39 is 5.92 Å². The van der Waals surface area contributed by atoms with Gasteiger partial charge in [0, 0.05) is 24.8 Å². The van der Waals surface area contributed by atoms with Gasteiger partial charge >= 0.3 is 0 Å². The topological polar surface area (TPSA) is 17.1 Å². The maximum absolute atomic E-state index is 13.6. The Morgan fingerprint density at radius 1 is 1.00 bits per heavy atom. The van der Waals surface area contributed by atoms with Gasteiger partial charge < -0.3 is 0 Å². The van der Waals surface area contributed by atoms with Crippen molar-refractivity contribution < 1.29 is 13.6 Å². The molecule has 0 aliphatic heterocycles. The summed E-state index contributed by atoms with van der Waals surface area (Å²) in [6, 6.07) is 8.86. The van der Waals surface area contributed by atoms with Gasteiger partial charge in [-0.05, 0) is 12.8 Å². The molecular weight excluding hydrogens is 258 g/mol. The summed E-state index contributed by atoms with van der Waals surface area (Å²) in [5, 5.41) is 0. The van der Waals surface area contributed by atoms with Crippen LogP contribution in [0.5, 0.6) is 0 Å². The minimum absolute atomic E-state index is 0.0487. The molecule has 0 amide bonds. The van der Waals surface area contributed by atoms with Crippen LogP contribution in [0.2, 0.25) is 0 Å². The third-order valence-electron chi connectivity index (χ3n) is 3.44. The average Bonchev–Trinajstić information content (AvgIpc) is 2.44. The molecule has 0 spiro atoms. The second kappa shape index (κ2) is 8.83. The van der Waals surface area contributed by atoms with Crippen LogP contribution in [0.4, 0.5) is 8.78 Å². The number of hydrogen-bond acceptors (Lipinski definition) is 1. The molecule has 0 aliphatic rings. The van der Waals surface area contributed by atoms with Crippen molar-refractivity contribution in [2.45, 2.75) is 64.2 Å². The van der Waals surface area contributed by atoms with Gasteiger partial charge in [-0.1, -0.05) is 56.5 Å². The second-order valence-electron chi connectivity index (χ2n) is 5.31. The van der Waals surface area contributed by atoms with E-state index in [1.165, 1.54) is 0 Å². The average molecular weight is 282 g/mol. The molecule has 0 unspecified atom stereocenters. The summed E-state index contributed by atoms with van der Waals surface area (Å²) in [7, 11) is 0. The molecule has 0 atom stereocenters. The Labute approximate surface area is 120 Å². The molecule has 1 aromatic carbocycles. The monoisotopic (exact) mass is 282 g/mol. The van der Waals surface area contributed by atoms with E-state index in [0.717, 1.165) is 19.3 Å². The Morgan fingerprint density at radius 2 is 1.65 bits per heavy atom. The van der Waals surface area contributed by atoms with Gasteiger partial charge in [0.05, 0.1) is 0 Å². The number of hydrogen-bond donors (Lipinski definition) is 0. The van der Waals surface area contributed by atoms with Crippen molar-refractivity contribution in [2.75, 3.05) is 0 Å². The third kappa shape index (κ3) is 6.78. The first kappa shape index (κ1) is 16.8. The van der Waals surface area contributed by atoms with E-state index in [9.17, 15) is 13.6 Å².